The summed E-state index contributed by atoms with van der Waals surface area (Å²) >= 11 is 0. The number of aliphatic carboxylic acids is 1. The Bertz CT molecular complexity index is 1010. The maximum absolute atomic E-state index is 12.9. The number of carbonyl (C=O) groups is 3. The smallest absolute Gasteiger partial charge is 0.407 e. The Hall–Kier alpha value is -3.35. The lowest BCUT2D eigenvalue weighted by Gasteiger charge is -2.28. The van der Waals surface area contributed by atoms with Crippen LogP contribution in [-0.4, -0.2) is 41.3 Å². The Morgan fingerprint density at radius 2 is 1.56 bits per heavy atom. The van der Waals surface area contributed by atoms with Crippen LogP contribution in [0.4, 0.5) is 4.79 Å². The summed E-state index contributed by atoms with van der Waals surface area (Å²) in [4.78, 5) is 37.3. The number of fused-ring (bicyclic) bond motifs is 3. The molecule has 7 heteroatoms. The summed E-state index contributed by atoms with van der Waals surface area (Å²) in [5.74, 6) is -1.42. The van der Waals surface area contributed by atoms with Crippen LogP contribution in [-0.2, 0) is 14.3 Å². The molecule has 0 saturated carbocycles. The first-order chi connectivity index (χ1) is 16.2. The minimum atomic E-state index is -1.41. The fraction of sp³-hybridized carbons (Fsp3) is 0.444. The molecule has 1 aliphatic rings. The van der Waals surface area contributed by atoms with E-state index in [1.54, 1.807) is 6.92 Å². The van der Waals surface area contributed by atoms with Gasteiger partial charge in [0.25, 0.3) is 0 Å². The van der Waals surface area contributed by atoms with Gasteiger partial charge in [-0.15, -0.1) is 0 Å². The Kier molecular flexibility index (Phi) is 7.97. The van der Waals surface area contributed by atoms with Crippen LogP contribution in [0.2, 0.25) is 0 Å². The van der Waals surface area contributed by atoms with E-state index >= 15 is 0 Å². The normalized spacial score (nSPS) is 15.1. The zero-order chi connectivity index (χ0) is 24.9. The van der Waals surface area contributed by atoms with E-state index in [-0.39, 0.29) is 18.9 Å². The molecule has 7 nitrogen and oxygen atoms in total. The average molecular weight is 467 g/mol. The van der Waals surface area contributed by atoms with Crippen LogP contribution in [0.3, 0.4) is 0 Å². The molecular formula is C27H34N2O5. The van der Waals surface area contributed by atoms with E-state index in [0.717, 1.165) is 22.3 Å². The number of ether oxygens (including phenoxy) is 1. The molecule has 2 atom stereocenters. The van der Waals surface area contributed by atoms with Crippen molar-refractivity contribution in [2.75, 3.05) is 6.61 Å². The van der Waals surface area contributed by atoms with Crippen LogP contribution in [0.1, 0.15) is 64.0 Å². The quantitative estimate of drug-likeness (QED) is 0.471. The zero-order valence-corrected chi connectivity index (χ0v) is 20.3. The molecule has 34 heavy (non-hydrogen) atoms. The molecule has 0 bridgehead atoms. The molecule has 0 aromatic heterocycles. The molecule has 0 aliphatic heterocycles. The number of alkyl carbamates (subject to hydrolysis) is 1. The summed E-state index contributed by atoms with van der Waals surface area (Å²) < 4.78 is 5.58. The van der Waals surface area contributed by atoms with Crippen LogP contribution in [0, 0.1) is 5.92 Å². The van der Waals surface area contributed by atoms with Gasteiger partial charge in [-0.3, -0.25) is 4.79 Å². The van der Waals surface area contributed by atoms with Gasteiger partial charge >= 0.3 is 12.1 Å². The Balaban J connectivity index is 1.69. The summed E-state index contributed by atoms with van der Waals surface area (Å²) in [6, 6.07) is 15.2. The second kappa shape index (κ2) is 10.7. The number of carboxylic acid groups (broad SMARTS) is 1. The van der Waals surface area contributed by atoms with Gasteiger partial charge < -0.3 is 20.5 Å². The highest BCUT2D eigenvalue weighted by Gasteiger charge is 2.36. The highest BCUT2D eigenvalue weighted by molar-refractivity contribution is 5.91. The van der Waals surface area contributed by atoms with Gasteiger partial charge in [0.05, 0.1) is 0 Å². The minimum Gasteiger partial charge on any atom is -0.480 e. The van der Waals surface area contributed by atoms with Crippen LogP contribution < -0.4 is 10.6 Å². The van der Waals surface area contributed by atoms with Crippen LogP contribution >= 0.6 is 0 Å². The maximum atomic E-state index is 12.9. The molecule has 2 amide bonds. The fourth-order valence-electron chi connectivity index (χ4n) is 4.20. The van der Waals surface area contributed by atoms with E-state index < -0.39 is 29.6 Å². The average Bonchev–Trinajstić information content (AvgIpc) is 3.13. The monoisotopic (exact) mass is 466 g/mol. The minimum absolute atomic E-state index is 0.0866. The second-order valence-corrected chi connectivity index (χ2v) is 9.47. The molecule has 0 saturated heterocycles. The number of amides is 2. The lowest BCUT2D eigenvalue weighted by Crippen LogP contribution is -2.57. The molecule has 0 fully saturated rings. The van der Waals surface area contributed by atoms with Gasteiger partial charge in [0.15, 0.2) is 0 Å². The van der Waals surface area contributed by atoms with E-state index in [1.165, 1.54) is 6.92 Å². The third-order valence-electron chi connectivity index (χ3n) is 6.56. The molecule has 0 radical (unpaired) electrons. The molecule has 182 valence electrons. The Labute approximate surface area is 200 Å². The molecule has 2 unspecified atom stereocenters. The molecule has 2 aromatic rings. The Morgan fingerprint density at radius 1 is 1.00 bits per heavy atom. The second-order valence-electron chi connectivity index (χ2n) is 9.47. The van der Waals surface area contributed by atoms with Gasteiger partial charge in [-0.05, 0) is 54.4 Å². The summed E-state index contributed by atoms with van der Waals surface area (Å²) in [6.45, 7) is 7.34. The van der Waals surface area contributed by atoms with Crippen molar-refractivity contribution >= 4 is 18.0 Å². The van der Waals surface area contributed by atoms with Gasteiger partial charge in [-0.2, -0.15) is 0 Å². The summed E-state index contributed by atoms with van der Waals surface area (Å²) in [7, 11) is 0. The van der Waals surface area contributed by atoms with E-state index in [4.69, 9.17) is 4.74 Å². The van der Waals surface area contributed by atoms with Gasteiger partial charge in [-0.25, -0.2) is 9.59 Å². The van der Waals surface area contributed by atoms with Crippen molar-refractivity contribution in [1.82, 2.24) is 10.6 Å². The van der Waals surface area contributed by atoms with Crippen molar-refractivity contribution in [3.63, 3.8) is 0 Å². The number of hydrogen-bond donors (Lipinski definition) is 3. The SMILES string of the molecule is CCC(C)(NC(=O)C(CCC(C)C)NC(=O)OCC1c2ccccc2-c2ccccc21)C(=O)O. The van der Waals surface area contributed by atoms with Crippen LogP contribution in [0.15, 0.2) is 48.5 Å². The topological polar surface area (TPSA) is 105 Å². The first-order valence-corrected chi connectivity index (χ1v) is 11.8. The fourth-order valence-corrected chi connectivity index (χ4v) is 4.20. The third-order valence-corrected chi connectivity index (χ3v) is 6.56. The van der Waals surface area contributed by atoms with E-state index in [1.807, 2.05) is 50.2 Å². The predicted molar refractivity (Wildman–Crippen MR) is 131 cm³/mol. The summed E-state index contributed by atoms with van der Waals surface area (Å²) in [6.07, 6.45) is 0.597. The summed E-state index contributed by atoms with van der Waals surface area (Å²) in [5, 5.41) is 14.8. The van der Waals surface area contributed by atoms with Crippen LogP contribution in [0.25, 0.3) is 11.1 Å². The van der Waals surface area contributed by atoms with Crippen molar-refractivity contribution < 1.29 is 24.2 Å². The number of rotatable bonds is 10. The Morgan fingerprint density at radius 3 is 2.06 bits per heavy atom. The standard InChI is InChI=1S/C27H34N2O5/c1-5-27(4,25(31)32)29-24(30)23(15-14-17(2)3)28-26(33)34-16-22-20-12-8-6-10-18(20)19-11-7-9-13-21(19)22/h6-13,17,22-23H,5,14-16H2,1-4H3,(H,28,33)(H,29,30)(H,31,32). The lowest BCUT2D eigenvalue weighted by atomic mass is 9.97. The largest absolute Gasteiger partial charge is 0.480 e. The van der Waals surface area contributed by atoms with Crippen molar-refractivity contribution in [1.29, 1.82) is 0 Å². The highest BCUT2D eigenvalue weighted by atomic mass is 16.5. The lowest BCUT2D eigenvalue weighted by molar-refractivity contribution is -0.147. The number of carbonyl (C=O) groups excluding carboxylic acids is 2. The summed E-state index contributed by atoms with van der Waals surface area (Å²) in [5.41, 5.74) is 3.06. The first kappa shape index (κ1) is 25.3. The first-order valence-electron chi connectivity index (χ1n) is 11.8. The molecule has 0 heterocycles. The van der Waals surface area contributed by atoms with Crippen molar-refractivity contribution in [2.24, 2.45) is 5.92 Å². The molecule has 3 rings (SSSR count). The number of hydrogen-bond acceptors (Lipinski definition) is 4. The van der Waals surface area contributed by atoms with Crippen molar-refractivity contribution in [3.8, 4) is 11.1 Å². The molecule has 1 aliphatic carbocycles. The van der Waals surface area contributed by atoms with Gasteiger partial charge in [0, 0.05) is 5.92 Å². The van der Waals surface area contributed by atoms with Crippen molar-refractivity contribution in [3.05, 3.63) is 59.7 Å². The van der Waals surface area contributed by atoms with Gasteiger partial charge in [0.2, 0.25) is 5.91 Å². The van der Waals surface area contributed by atoms with Crippen molar-refractivity contribution in [2.45, 2.75) is 64.5 Å². The van der Waals surface area contributed by atoms with Gasteiger partial charge in [0.1, 0.15) is 18.2 Å². The van der Waals surface area contributed by atoms with Crippen LogP contribution in [0.5, 0.6) is 0 Å². The zero-order valence-electron chi connectivity index (χ0n) is 20.3. The number of carboxylic acids is 1. The maximum Gasteiger partial charge on any atom is 0.407 e. The molecular weight excluding hydrogens is 432 g/mol. The van der Waals surface area contributed by atoms with E-state index in [9.17, 15) is 19.5 Å². The molecule has 3 N–H and O–H groups in total. The highest BCUT2D eigenvalue weighted by Crippen LogP contribution is 2.44. The van der Waals surface area contributed by atoms with E-state index in [2.05, 4.69) is 22.8 Å². The van der Waals surface area contributed by atoms with E-state index in [0.29, 0.717) is 18.8 Å². The number of nitrogens with one attached hydrogen (secondary N) is 2. The molecule has 2 aromatic carbocycles. The number of benzene rings is 2. The third kappa shape index (κ3) is 5.58. The predicted octanol–water partition coefficient (Wildman–Crippen LogP) is 4.70. The van der Waals surface area contributed by atoms with Gasteiger partial charge in [-0.1, -0.05) is 69.3 Å². The molecule has 0 spiro atoms.